The molecule has 0 spiro atoms. The zero-order valence-corrected chi connectivity index (χ0v) is 9.40. The highest BCUT2D eigenvalue weighted by Gasteiger charge is 2.08. The van der Waals surface area contributed by atoms with E-state index in [9.17, 15) is 4.79 Å². The van der Waals surface area contributed by atoms with Crippen molar-refractivity contribution in [3.63, 3.8) is 0 Å². The van der Waals surface area contributed by atoms with Crippen LogP contribution < -0.4 is 0 Å². The second kappa shape index (κ2) is 5.90. The van der Waals surface area contributed by atoms with E-state index in [0.29, 0.717) is 0 Å². The molecule has 14 heavy (non-hydrogen) atoms. The van der Waals surface area contributed by atoms with Crippen molar-refractivity contribution >= 4 is 47.4 Å². The van der Waals surface area contributed by atoms with Crippen molar-refractivity contribution in [2.45, 2.75) is 4.90 Å². The normalized spacial score (nSPS) is 9.21. The molecule has 0 saturated carbocycles. The van der Waals surface area contributed by atoms with Crippen LogP contribution >= 0.6 is 36.9 Å². The topological polar surface area (TPSA) is 35.5 Å². The molecule has 1 aromatic carbocycles. The summed E-state index contributed by atoms with van der Waals surface area (Å²) >= 11 is 8.81. The molecule has 0 aliphatic carbocycles. The molecule has 0 aliphatic rings. The molecule has 0 unspecified atom stereocenters. The molecule has 0 saturated heterocycles. The van der Waals surface area contributed by atoms with Gasteiger partial charge in [-0.3, -0.25) is 0 Å². The average molecular weight is 246 g/mol. The van der Waals surface area contributed by atoms with E-state index in [4.69, 9.17) is 0 Å². The van der Waals surface area contributed by atoms with Gasteiger partial charge in [0.15, 0.2) is 0 Å². The van der Waals surface area contributed by atoms with Gasteiger partial charge in [0.2, 0.25) is 0 Å². The lowest BCUT2D eigenvalue weighted by Gasteiger charge is -2.01. The van der Waals surface area contributed by atoms with Gasteiger partial charge in [-0.25, -0.2) is 4.79 Å². The molecule has 0 heterocycles. The minimum Gasteiger partial charge on any atom is -0.385 e. The summed E-state index contributed by atoms with van der Waals surface area (Å²) in [5.74, 6) is 0. The summed E-state index contributed by atoms with van der Waals surface area (Å²) in [6.07, 6.45) is 0. The Bertz CT molecular complexity index is 326. The number of rotatable bonds is 1. The first-order chi connectivity index (χ1) is 6.72. The highest BCUT2D eigenvalue weighted by Crippen LogP contribution is 2.19. The predicted molar refractivity (Wildman–Crippen MR) is 61.4 cm³/mol. The van der Waals surface area contributed by atoms with E-state index < -0.39 is 5.30 Å². The summed E-state index contributed by atoms with van der Waals surface area (Å²) in [7, 11) is 0. The second-order valence-electron chi connectivity index (χ2n) is 2.11. The fourth-order valence-electron chi connectivity index (χ4n) is 0.692. The van der Waals surface area contributed by atoms with Crippen LogP contribution in [0.2, 0.25) is 0 Å². The number of carbonyl (C=O) groups excluding carboxylic acids is 1. The number of thioether (sulfide) groups is 1. The van der Waals surface area contributed by atoms with Gasteiger partial charge in [0.05, 0.1) is 0 Å². The molecule has 6 heteroatoms. The van der Waals surface area contributed by atoms with Crippen LogP contribution in [0.5, 0.6) is 0 Å². The molecular formula is C8H6O3S3. The third-order valence-corrected chi connectivity index (χ3v) is 2.40. The van der Waals surface area contributed by atoms with Crippen molar-refractivity contribution < 1.29 is 13.7 Å². The van der Waals surface area contributed by atoms with E-state index in [1.165, 1.54) is 0 Å². The molecule has 0 N–H and O–H groups in total. The first kappa shape index (κ1) is 11.4. The summed E-state index contributed by atoms with van der Waals surface area (Å²) in [6, 6.07) is 9.08. The summed E-state index contributed by atoms with van der Waals surface area (Å²) in [5.41, 5.74) is 0. The quantitative estimate of drug-likeness (QED) is 0.271. The fourth-order valence-corrected chi connectivity index (χ4v) is 1.46. The molecule has 0 radical (unpaired) electrons. The zero-order valence-electron chi connectivity index (χ0n) is 6.88. The molecule has 74 valence electrons. The largest absolute Gasteiger partial charge is 0.385 e. The molecule has 0 aliphatic heterocycles. The van der Waals surface area contributed by atoms with Crippen LogP contribution in [0.4, 0.5) is 4.79 Å². The first-order valence-electron chi connectivity index (χ1n) is 3.52. The van der Waals surface area contributed by atoms with Gasteiger partial charge < -0.3 is 8.92 Å². The molecule has 0 atom stereocenters. The Morgan fingerprint density at radius 2 is 2.00 bits per heavy atom. The van der Waals surface area contributed by atoms with Gasteiger partial charge >= 0.3 is 10.5 Å². The summed E-state index contributed by atoms with van der Waals surface area (Å²) in [5, 5.41) is -0.850. The van der Waals surface area contributed by atoms with Crippen LogP contribution in [-0.4, -0.2) is 10.5 Å². The van der Waals surface area contributed by atoms with Gasteiger partial charge in [-0.05, 0) is 23.9 Å². The Labute approximate surface area is 96.4 Å². The number of thiol groups is 1. The van der Waals surface area contributed by atoms with Gasteiger partial charge in [-0.15, -0.1) is 0 Å². The second-order valence-corrected chi connectivity index (χ2v) is 3.63. The lowest BCUT2D eigenvalue weighted by molar-refractivity contribution is 0.217. The van der Waals surface area contributed by atoms with Gasteiger partial charge in [0, 0.05) is 30.0 Å². The Kier molecular flexibility index (Phi) is 4.78. The van der Waals surface area contributed by atoms with Gasteiger partial charge in [0.1, 0.15) is 0 Å². The number of hydrogen-bond donors (Lipinski definition) is 1. The van der Waals surface area contributed by atoms with Gasteiger partial charge in [-0.2, -0.15) is 0 Å². The zero-order chi connectivity index (χ0) is 10.4. The molecular weight excluding hydrogens is 240 g/mol. The number of carbonyl (C=O) groups is 1. The predicted octanol–water partition coefficient (Wildman–Crippen LogP) is 3.06. The highest BCUT2D eigenvalue weighted by molar-refractivity contribution is 8.13. The SMILES string of the molecule is O=C(OC(=S)OS)Sc1ccccc1. The van der Waals surface area contributed by atoms with E-state index in [1.54, 1.807) is 12.1 Å². The summed E-state index contributed by atoms with van der Waals surface area (Å²) < 4.78 is 8.79. The van der Waals surface area contributed by atoms with Crippen LogP contribution in [0.25, 0.3) is 0 Å². The maximum atomic E-state index is 11.1. The van der Waals surface area contributed by atoms with E-state index in [-0.39, 0.29) is 5.24 Å². The van der Waals surface area contributed by atoms with E-state index in [1.807, 2.05) is 18.2 Å². The molecule has 0 fully saturated rings. The fraction of sp³-hybridized carbons (Fsp3) is 0. The lowest BCUT2D eigenvalue weighted by atomic mass is 10.4. The summed E-state index contributed by atoms with van der Waals surface area (Å²) in [6.45, 7) is 0. The van der Waals surface area contributed by atoms with Crippen LogP contribution in [0.15, 0.2) is 35.2 Å². The third kappa shape index (κ3) is 3.99. The van der Waals surface area contributed by atoms with Gasteiger partial charge in [-0.1, -0.05) is 18.2 Å². The van der Waals surface area contributed by atoms with E-state index >= 15 is 0 Å². The van der Waals surface area contributed by atoms with Crippen molar-refractivity contribution in [1.82, 2.24) is 0 Å². The molecule has 1 aromatic rings. The highest BCUT2D eigenvalue weighted by atomic mass is 32.2. The maximum absolute atomic E-state index is 11.1. The summed E-state index contributed by atoms with van der Waals surface area (Å²) in [4.78, 5) is 11.9. The van der Waals surface area contributed by atoms with E-state index in [2.05, 4.69) is 34.0 Å². The number of thiocarbonyl (C=S) groups is 1. The monoisotopic (exact) mass is 246 g/mol. The Morgan fingerprint density at radius 3 is 2.57 bits per heavy atom. The molecule has 0 amide bonds. The minimum atomic E-state index is -0.546. The van der Waals surface area contributed by atoms with Crippen LogP contribution in [0.3, 0.4) is 0 Å². The smallest absolute Gasteiger partial charge is 0.380 e. The maximum Gasteiger partial charge on any atom is 0.380 e. The lowest BCUT2D eigenvalue weighted by Crippen LogP contribution is -2.04. The Morgan fingerprint density at radius 1 is 1.36 bits per heavy atom. The Hall–Kier alpha value is -0.720. The van der Waals surface area contributed by atoms with Crippen molar-refractivity contribution in [3.05, 3.63) is 30.3 Å². The first-order valence-corrected chi connectivity index (χ1v) is 5.11. The standard InChI is InChI=1S/C8H6O3S3/c9-7(10-8(12)11-13)14-6-4-2-1-3-5-6/h1-5,13H. The van der Waals surface area contributed by atoms with Gasteiger partial charge in [0.25, 0.3) is 0 Å². The molecule has 0 aromatic heterocycles. The Balaban J connectivity index is 2.46. The minimum absolute atomic E-state index is 0.304. The van der Waals surface area contributed by atoms with Crippen molar-refractivity contribution in [2.24, 2.45) is 0 Å². The molecule has 1 rings (SSSR count). The third-order valence-electron chi connectivity index (χ3n) is 1.19. The molecule has 3 nitrogen and oxygen atoms in total. The average Bonchev–Trinajstić information content (AvgIpc) is 2.19. The number of ether oxygens (including phenoxy) is 1. The van der Waals surface area contributed by atoms with E-state index in [0.717, 1.165) is 16.7 Å². The number of benzene rings is 1. The van der Waals surface area contributed by atoms with Crippen molar-refractivity contribution in [2.75, 3.05) is 0 Å². The van der Waals surface area contributed by atoms with Crippen LogP contribution in [0, 0.1) is 0 Å². The number of hydrogen-bond acceptors (Lipinski definition) is 6. The molecule has 0 bridgehead atoms. The van der Waals surface area contributed by atoms with Crippen LogP contribution in [0.1, 0.15) is 0 Å². The van der Waals surface area contributed by atoms with Crippen molar-refractivity contribution in [1.29, 1.82) is 0 Å². The van der Waals surface area contributed by atoms with Crippen LogP contribution in [-0.2, 0) is 8.92 Å². The van der Waals surface area contributed by atoms with Crippen molar-refractivity contribution in [3.8, 4) is 0 Å².